The van der Waals surface area contributed by atoms with Crippen molar-refractivity contribution in [3.05, 3.63) is 88.3 Å². The van der Waals surface area contributed by atoms with Crippen molar-refractivity contribution in [3.8, 4) is 10.6 Å². The van der Waals surface area contributed by atoms with Gasteiger partial charge in [0.1, 0.15) is 10.7 Å². The van der Waals surface area contributed by atoms with E-state index in [9.17, 15) is 9.59 Å². The second-order valence-electron chi connectivity index (χ2n) is 5.96. The van der Waals surface area contributed by atoms with Gasteiger partial charge in [0.05, 0.1) is 4.88 Å². The van der Waals surface area contributed by atoms with Gasteiger partial charge in [0.25, 0.3) is 11.8 Å². The summed E-state index contributed by atoms with van der Waals surface area (Å²) in [5, 5.41) is 9.17. The molecule has 2 amide bonds. The molecule has 0 fully saturated rings. The highest BCUT2D eigenvalue weighted by atomic mass is 35.5. The van der Waals surface area contributed by atoms with E-state index in [1.165, 1.54) is 22.7 Å². The topological polar surface area (TPSA) is 71.1 Å². The van der Waals surface area contributed by atoms with Crippen molar-refractivity contribution in [1.82, 2.24) is 4.98 Å². The van der Waals surface area contributed by atoms with Crippen molar-refractivity contribution in [2.75, 3.05) is 10.6 Å². The molecule has 0 aliphatic carbocycles. The van der Waals surface area contributed by atoms with Crippen LogP contribution < -0.4 is 10.6 Å². The number of carbonyl (C=O) groups is 2. The number of halogens is 1. The quantitative estimate of drug-likeness (QED) is 0.398. The lowest BCUT2D eigenvalue weighted by Gasteiger charge is -2.04. The zero-order chi connectivity index (χ0) is 20.2. The number of nitrogens with zero attached hydrogens (tertiary/aromatic N) is 1. The molecular formula is C21H14ClN3O2S2. The number of carbonyl (C=O) groups excluding carboxylic acids is 2. The largest absolute Gasteiger partial charge is 0.312 e. The second-order valence-corrected chi connectivity index (χ2v) is 8.34. The fraction of sp³-hybridized carbons (Fsp3) is 0. The predicted octanol–water partition coefficient (Wildman–Crippen LogP) is 6.03. The molecule has 4 rings (SSSR count). The van der Waals surface area contributed by atoms with Gasteiger partial charge in [0.15, 0.2) is 5.13 Å². The Labute approximate surface area is 180 Å². The van der Waals surface area contributed by atoms with Crippen LogP contribution in [0.3, 0.4) is 0 Å². The summed E-state index contributed by atoms with van der Waals surface area (Å²) in [6.45, 7) is 0. The molecule has 2 N–H and O–H groups in total. The normalized spacial score (nSPS) is 10.5. The lowest BCUT2D eigenvalue weighted by molar-refractivity contribution is 0.101. The van der Waals surface area contributed by atoms with Crippen molar-refractivity contribution in [1.29, 1.82) is 0 Å². The monoisotopic (exact) mass is 439 g/mol. The lowest BCUT2D eigenvalue weighted by atomic mass is 10.2. The number of thiazole rings is 1. The van der Waals surface area contributed by atoms with E-state index in [2.05, 4.69) is 15.6 Å². The van der Waals surface area contributed by atoms with Crippen molar-refractivity contribution < 1.29 is 9.59 Å². The molecule has 5 nitrogen and oxygen atoms in total. The van der Waals surface area contributed by atoms with Crippen LogP contribution in [0.5, 0.6) is 0 Å². The summed E-state index contributed by atoms with van der Waals surface area (Å²) in [7, 11) is 0. The molecule has 29 heavy (non-hydrogen) atoms. The molecule has 0 atom stereocenters. The van der Waals surface area contributed by atoms with E-state index in [0.717, 1.165) is 4.88 Å². The number of rotatable bonds is 5. The summed E-state index contributed by atoms with van der Waals surface area (Å²) >= 11 is 8.60. The third-order valence-corrected chi connectivity index (χ3v) is 5.99. The average Bonchev–Trinajstić information content (AvgIpc) is 3.39. The molecule has 2 aromatic heterocycles. The van der Waals surface area contributed by atoms with Gasteiger partial charge in [0, 0.05) is 16.1 Å². The van der Waals surface area contributed by atoms with Gasteiger partial charge in [-0.15, -0.1) is 11.3 Å². The highest BCUT2D eigenvalue weighted by Gasteiger charge is 2.18. The third kappa shape index (κ3) is 4.54. The first-order valence-electron chi connectivity index (χ1n) is 8.58. The highest BCUT2D eigenvalue weighted by molar-refractivity contribution is 7.21. The van der Waals surface area contributed by atoms with E-state index in [0.29, 0.717) is 32.0 Å². The van der Waals surface area contributed by atoms with Crippen LogP contribution in [0, 0.1) is 0 Å². The summed E-state index contributed by atoms with van der Waals surface area (Å²) in [6.07, 6.45) is 0. The maximum Gasteiger partial charge on any atom is 0.257 e. The van der Waals surface area contributed by atoms with Crippen LogP contribution in [0.25, 0.3) is 10.6 Å². The van der Waals surface area contributed by atoms with E-state index in [1.54, 1.807) is 48.5 Å². The average molecular weight is 440 g/mol. The smallest absolute Gasteiger partial charge is 0.257 e. The van der Waals surface area contributed by atoms with Crippen molar-refractivity contribution in [2.24, 2.45) is 0 Å². The third-order valence-electron chi connectivity index (χ3n) is 3.97. The van der Waals surface area contributed by atoms with Gasteiger partial charge in [-0.25, -0.2) is 4.98 Å². The number of amides is 2. The first-order chi connectivity index (χ1) is 14.1. The Balaban J connectivity index is 1.61. The first kappa shape index (κ1) is 19.3. The number of hydrogen-bond acceptors (Lipinski definition) is 5. The molecule has 0 aliphatic heterocycles. The van der Waals surface area contributed by atoms with Crippen LogP contribution in [0.1, 0.15) is 20.7 Å². The van der Waals surface area contributed by atoms with Crippen molar-refractivity contribution in [2.45, 2.75) is 0 Å². The van der Waals surface area contributed by atoms with Crippen LogP contribution in [0.2, 0.25) is 5.02 Å². The Kier molecular flexibility index (Phi) is 5.71. The summed E-state index contributed by atoms with van der Waals surface area (Å²) in [5.41, 5.74) is 1.64. The van der Waals surface area contributed by atoms with Crippen LogP contribution in [-0.4, -0.2) is 16.8 Å². The number of hydrogen-bond donors (Lipinski definition) is 2. The molecule has 8 heteroatoms. The highest BCUT2D eigenvalue weighted by Crippen LogP contribution is 2.38. The number of thiophene rings is 1. The molecule has 0 spiro atoms. The van der Waals surface area contributed by atoms with Crippen molar-refractivity contribution >= 4 is 56.2 Å². The fourth-order valence-corrected chi connectivity index (χ4v) is 4.35. The Morgan fingerprint density at radius 1 is 0.828 bits per heavy atom. The minimum absolute atomic E-state index is 0.234. The van der Waals surface area contributed by atoms with E-state index in [4.69, 9.17) is 11.6 Å². The Morgan fingerprint density at radius 3 is 2.21 bits per heavy atom. The lowest BCUT2D eigenvalue weighted by Crippen LogP contribution is -2.11. The maximum atomic E-state index is 12.6. The van der Waals surface area contributed by atoms with E-state index in [-0.39, 0.29) is 11.8 Å². The minimum atomic E-state index is -0.297. The van der Waals surface area contributed by atoms with Gasteiger partial charge in [-0.2, -0.15) is 0 Å². The number of anilines is 2. The van der Waals surface area contributed by atoms with E-state index < -0.39 is 0 Å². The molecule has 0 saturated carbocycles. The van der Waals surface area contributed by atoms with Gasteiger partial charge in [0.2, 0.25) is 0 Å². The summed E-state index contributed by atoms with van der Waals surface area (Å²) in [5.74, 6) is -0.531. The summed E-state index contributed by atoms with van der Waals surface area (Å²) < 4.78 is 0. The standard InChI is InChI=1S/C21H14ClN3O2S2/c22-15-10-8-14(9-11-15)19(27)25-21-23-17(16-7-4-12-28-16)20(29-21)24-18(26)13-5-2-1-3-6-13/h1-12H,(H,24,26)(H,23,25,27). The van der Waals surface area contributed by atoms with Crippen LogP contribution in [0.4, 0.5) is 10.1 Å². The molecule has 0 bridgehead atoms. The predicted molar refractivity (Wildman–Crippen MR) is 119 cm³/mol. The van der Waals surface area contributed by atoms with E-state index in [1.807, 2.05) is 23.6 Å². The van der Waals surface area contributed by atoms with Crippen LogP contribution in [0.15, 0.2) is 72.1 Å². The molecular weight excluding hydrogens is 426 g/mol. The zero-order valence-electron chi connectivity index (χ0n) is 14.9. The van der Waals surface area contributed by atoms with Crippen LogP contribution in [-0.2, 0) is 0 Å². The molecule has 0 unspecified atom stereocenters. The van der Waals surface area contributed by atoms with Gasteiger partial charge in [-0.1, -0.05) is 47.2 Å². The van der Waals surface area contributed by atoms with Gasteiger partial charge in [-0.05, 0) is 47.8 Å². The second kappa shape index (κ2) is 8.57. The SMILES string of the molecule is O=C(Nc1nc(-c2cccs2)c(NC(=O)c2ccccc2)s1)c1ccc(Cl)cc1. The van der Waals surface area contributed by atoms with Gasteiger partial charge >= 0.3 is 0 Å². The summed E-state index contributed by atoms with van der Waals surface area (Å²) in [6, 6.07) is 19.4. The Morgan fingerprint density at radius 2 is 1.52 bits per heavy atom. The minimum Gasteiger partial charge on any atom is -0.312 e. The van der Waals surface area contributed by atoms with Gasteiger partial charge < -0.3 is 5.32 Å². The van der Waals surface area contributed by atoms with Gasteiger partial charge in [-0.3, -0.25) is 14.9 Å². The molecule has 2 heterocycles. The number of nitrogens with one attached hydrogen (secondary N) is 2. The molecule has 0 saturated heterocycles. The Bertz CT molecular complexity index is 1140. The molecule has 2 aromatic carbocycles. The molecule has 4 aromatic rings. The zero-order valence-corrected chi connectivity index (χ0v) is 17.3. The maximum absolute atomic E-state index is 12.6. The fourth-order valence-electron chi connectivity index (χ4n) is 2.57. The van der Waals surface area contributed by atoms with Crippen molar-refractivity contribution in [3.63, 3.8) is 0 Å². The number of aromatic nitrogens is 1. The first-order valence-corrected chi connectivity index (χ1v) is 10.7. The molecule has 0 aliphatic rings. The summed E-state index contributed by atoms with van der Waals surface area (Å²) in [4.78, 5) is 30.5. The molecule has 0 radical (unpaired) electrons. The van der Waals surface area contributed by atoms with Crippen LogP contribution >= 0.6 is 34.3 Å². The Hall–Kier alpha value is -3.00. The van der Waals surface area contributed by atoms with E-state index >= 15 is 0 Å². The number of benzene rings is 2. The molecule has 144 valence electrons.